The Hall–Kier alpha value is -6.52. The summed E-state index contributed by atoms with van der Waals surface area (Å²) in [5, 5.41) is 6.29. The number of para-hydroxylation sites is 3. The van der Waals surface area contributed by atoms with Crippen molar-refractivity contribution in [3.63, 3.8) is 0 Å². The van der Waals surface area contributed by atoms with Crippen LogP contribution in [-0.2, 0) is 5.41 Å². The number of nitrogens with one attached hydrogen (secondary N) is 1. The Morgan fingerprint density at radius 2 is 1.10 bits per heavy atom. The van der Waals surface area contributed by atoms with E-state index in [-0.39, 0.29) is 6.17 Å². The first kappa shape index (κ1) is 27.4. The molecule has 2 unspecified atom stereocenters. The van der Waals surface area contributed by atoms with Crippen molar-refractivity contribution < 1.29 is 0 Å². The number of rotatable bonds is 3. The molecule has 4 heteroatoms. The standard InChI is InChI=1S/C46H30N4/c1-3-15-29(16-4-1)43-47-44(30-17-5-2-6-18-30)49-45(48-43)35-23-13-21-33-31-19-7-9-24-36(31)46(41(33)35)37-25-10-12-28-40(37)50-39-27-11-8-20-32(39)34-22-14-26-38(46)42(34)50/h1-28,43H,(H,47,48,49). The summed E-state index contributed by atoms with van der Waals surface area (Å²) in [6.45, 7) is 0. The molecule has 1 N–H and O–H groups in total. The lowest BCUT2D eigenvalue weighted by atomic mass is 9.64. The van der Waals surface area contributed by atoms with E-state index >= 15 is 0 Å². The van der Waals surface area contributed by atoms with Crippen LogP contribution >= 0.6 is 0 Å². The molecule has 0 saturated carbocycles. The number of hydrogen-bond acceptors (Lipinski definition) is 3. The summed E-state index contributed by atoms with van der Waals surface area (Å²) < 4.78 is 2.49. The molecule has 3 heterocycles. The van der Waals surface area contributed by atoms with Crippen molar-refractivity contribution in [3.8, 4) is 16.8 Å². The maximum absolute atomic E-state index is 5.41. The number of hydrogen-bond donors (Lipinski definition) is 1. The van der Waals surface area contributed by atoms with E-state index in [2.05, 4.69) is 168 Å². The fourth-order valence-electron chi connectivity index (χ4n) is 8.92. The van der Waals surface area contributed by atoms with Crippen molar-refractivity contribution >= 4 is 33.5 Å². The SMILES string of the molecule is c1ccc(C2=NC(c3ccccc3)N=C(c3cccc4c3C3(c5ccccc5-4)c4ccccc4-n4c5ccccc5c5cccc3c54)N2)cc1. The summed E-state index contributed by atoms with van der Waals surface area (Å²) in [5.41, 5.74) is 13.9. The second-order valence-corrected chi connectivity index (χ2v) is 13.3. The Balaban J connectivity index is 1.26. The molecule has 50 heavy (non-hydrogen) atoms. The number of nitrogens with zero attached hydrogens (tertiary/aromatic N) is 3. The van der Waals surface area contributed by atoms with Crippen LogP contribution in [0.1, 0.15) is 45.1 Å². The molecule has 2 atom stereocenters. The van der Waals surface area contributed by atoms with Crippen molar-refractivity contribution in [3.05, 3.63) is 209 Å². The topological polar surface area (TPSA) is 41.7 Å². The van der Waals surface area contributed by atoms with Gasteiger partial charge in [0.25, 0.3) is 0 Å². The normalized spacial score (nSPS) is 18.3. The van der Waals surface area contributed by atoms with Crippen LogP contribution in [0.2, 0.25) is 0 Å². The Kier molecular flexibility index (Phi) is 5.62. The van der Waals surface area contributed by atoms with Gasteiger partial charge in [-0.3, -0.25) is 0 Å². The molecule has 0 amide bonds. The van der Waals surface area contributed by atoms with E-state index in [4.69, 9.17) is 9.98 Å². The van der Waals surface area contributed by atoms with Gasteiger partial charge in [0.05, 0.1) is 22.1 Å². The van der Waals surface area contributed by atoms with Gasteiger partial charge < -0.3 is 9.88 Å². The van der Waals surface area contributed by atoms with E-state index in [0.717, 1.165) is 28.4 Å². The summed E-state index contributed by atoms with van der Waals surface area (Å²) in [6.07, 6.45) is -0.386. The zero-order valence-corrected chi connectivity index (χ0v) is 27.1. The Labute approximate surface area is 289 Å². The molecule has 1 aromatic heterocycles. The molecular weight excluding hydrogens is 609 g/mol. The van der Waals surface area contributed by atoms with Crippen LogP contribution in [0, 0.1) is 0 Å². The highest BCUT2D eigenvalue weighted by Gasteiger charge is 2.52. The first-order valence-corrected chi connectivity index (χ1v) is 17.2. The lowest BCUT2D eigenvalue weighted by molar-refractivity contribution is 0.738. The van der Waals surface area contributed by atoms with Crippen LogP contribution in [0.15, 0.2) is 180 Å². The summed E-state index contributed by atoms with van der Waals surface area (Å²) in [6, 6.07) is 61.2. The molecule has 4 nitrogen and oxygen atoms in total. The van der Waals surface area contributed by atoms with Crippen molar-refractivity contribution in [2.45, 2.75) is 11.6 Å². The quantitative estimate of drug-likeness (QED) is 0.206. The van der Waals surface area contributed by atoms with Gasteiger partial charge in [-0.1, -0.05) is 158 Å². The number of aliphatic imine (C=N–C) groups is 2. The highest BCUT2D eigenvalue weighted by atomic mass is 15.2. The van der Waals surface area contributed by atoms with Crippen LogP contribution in [0.3, 0.4) is 0 Å². The molecule has 8 aromatic rings. The third kappa shape index (κ3) is 3.54. The monoisotopic (exact) mass is 638 g/mol. The molecule has 2 aliphatic heterocycles. The highest BCUT2D eigenvalue weighted by molar-refractivity contribution is 6.18. The lowest BCUT2D eigenvalue weighted by Crippen LogP contribution is -2.39. The predicted octanol–water partition coefficient (Wildman–Crippen LogP) is 9.96. The smallest absolute Gasteiger partial charge is 0.169 e. The van der Waals surface area contributed by atoms with Gasteiger partial charge in [0, 0.05) is 21.9 Å². The fourth-order valence-corrected chi connectivity index (χ4v) is 8.92. The Morgan fingerprint density at radius 3 is 1.98 bits per heavy atom. The number of benzene rings is 7. The van der Waals surface area contributed by atoms with Gasteiger partial charge in [-0.15, -0.1) is 0 Å². The summed E-state index contributed by atoms with van der Waals surface area (Å²) in [5.74, 6) is 1.64. The average Bonchev–Trinajstić information content (AvgIpc) is 3.69. The van der Waals surface area contributed by atoms with Gasteiger partial charge in [-0.05, 0) is 51.1 Å². The third-order valence-corrected chi connectivity index (χ3v) is 10.8. The first-order valence-electron chi connectivity index (χ1n) is 17.2. The first-order chi connectivity index (χ1) is 24.8. The molecule has 234 valence electrons. The van der Waals surface area contributed by atoms with Crippen molar-refractivity contribution in [1.29, 1.82) is 0 Å². The zero-order valence-electron chi connectivity index (χ0n) is 27.1. The summed E-state index contributed by atoms with van der Waals surface area (Å²) in [7, 11) is 0. The third-order valence-electron chi connectivity index (χ3n) is 10.8. The van der Waals surface area contributed by atoms with Crippen LogP contribution in [0.25, 0.3) is 38.6 Å². The minimum absolute atomic E-state index is 0.386. The molecule has 0 saturated heterocycles. The van der Waals surface area contributed by atoms with Crippen LogP contribution in [0.4, 0.5) is 0 Å². The van der Waals surface area contributed by atoms with E-state index in [1.807, 2.05) is 12.1 Å². The lowest BCUT2D eigenvalue weighted by Gasteiger charge is -2.40. The van der Waals surface area contributed by atoms with E-state index in [1.54, 1.807) is 0 Å². The number of amidine groups is 2. The predicted molar refractivity (Wildman–Crippen MR) is 203 cm³/mol. The molecule has 1 spiro atoms. The second kappa shape index (κ2) is 10.2. The van der Waals surface area contributed by atoms with Gasteiger partial charge in [0.1, 0.15) is 11.7 Å². The molecule has 0 fully saturated rings. The summed E-state index contributed by atoms with van der Waals surface area (Å²) >= 11 is 0. The largest absolute Gasteiger partial charge is 0.324 e. The van der Waals surface area contributed by atoms with Gasteiger partial charge in [0.2, 0.25) is 0 Å². The van der Waals surface area contributed by atoms with Crippen molar-refractivity contribution in [2.24, 2.45) is 9.98 Å². The summed E-state index contributed by atoms with van der Waals surface area (Å²) in [4.78, 5) is 10.6. The minimum Gasteiger partial charge on any atom is -0.324 e. The van der Waals surface area contributed by atoms with Gasteiger partial charge in [-0.25, -0.2) is 9.98 Å². The zero-order chi connectivity index (χ0) is 32.8. The Bertz CT molecular complexity index is 2740. The van der Waals surface area contributed by atoms with Crippen molar-refractivity contribution in [2.75, 3.05) is 0 Å². The van der Waals surface area contributed by atoms with E-state index in [0.29, 0.717) is 0 Å². The number of aromatic nitrogens is 1. The van der Waals surface area contributed by atoms with Crippen molar-refractivity contribution in [1.82, 2.24) is 9.88 Å². The molecule has 3 aliphatic rings. The van der Waals surface area contributed by atoms with E-state index in [1.165, 1.54) is 60.9 Å². The van der Waals surface area contributed by atoms with Gasteiger partial charge >= 0.3 is 0 Å². The maximum Gasteiger partial charge on any atom is 0.169 e. The molecule has 11 rings (SSSR count). The second-order valence-electron chi connectivity index (χ2n) is 13.3. The fraction of sp³-hybridized carbons (Fsp3) is 0.0435. The number of fused-ring (bicyclic) bond motifs is 12. The average molecular weight is 639 g/mol. The van der Waals surface area contributed by atoms with Gasteiger partial charge in [0.15, 0.2) is 6.17 Å². The van der Waals surface area contributed by atoms with E-state index in [9.17, 15) is 0 Å². The molecule has 1 aliphatic carbocycles. The molecule has 7 aromatic carbocycles. The minimum atomic E-state index is -0.586. The highest BCUT2D eigenvalue weighted by Crippen LogP contribution is 2.61. The van der Waals surface area contributed by atoms with Crippen LogP contribution in [0.5, 0.6) is 0 Å². The van der Waals surface area contributed by atoms with Crippen LogP contribution in [-0.4, -0.2) is 16.2 Å². The molecule has 0 bridgehead atoms. The van der Waals surface area contributed by atoms with Gasteiger partial charge in [-0.2, -0.15) is 0 Å². The Morgan fingerprint density at radius 1 is 0.480 bits per heavy atom. The molecular formula is C46H30N4. The molecule has 0 radical (unpaired) electrons. The maximum atomic E-state index is 5.41. The van der Waals surface area contributed by atoms with E-state index < -0.39 is 5.41 Å². The van der Waals surface area contributed by atoms with Crippen LogP contribution < -0.4 is 5.32 Å².